The molecular formula is C18H12Cl2F2N2O2. The van der Waals surface area contributed by atoms with Crippen LogP contribution in [0.5, 0.6) is 5.75 Å². The number of nitriles is 1. The molecule has 1 unspecified atom stereocenters. The standard InChI is InChI=1S/C18H12Cl2F2N2O2/c19-13-6-3-5-12(17(13)20)14(10-23)24-16(25)9-8-11-4-1-2-7-15(11)26-18(21)22/h1-9,14,18H,(H,24,25). The molecular weight excluding hydrogens is 385 g/mol. The third kappa shape index (κ3) is 5.19. The number of hydrogen-bond acceptors (Lipinski definition) is 3. The van der Waals surface area contributed by atoms with Crippen molar-refractivity contribution in [3.8, 4) is 11.8 Å². The van der Waals surface area contributed by atoms with E-state index in [0.29, 0.717) is 5.56 Å². The Kier molecular flexibility index (Phi) is 6.96. The highest BCUT2D eigenvalue weighted by Gasteiger charge is 2.17. The average molecular weight is 397 g/mol. The van der Waals surface area contributed by atoms with Crippen LogP contribution in [-0.2, 0) is 4.79 Å². The maximum atomic E-state index is 12.4. The first-order valence-corrected chi connectivity index (χ1v) is 8.04. The van der Waals surface area contributed by atoms with Gasteiger partial charge in [-0.15, -0.1) is 0 Å². The van der Waals surface area contributed by atoms with Crippen molar-refractivity contribution >= 4 is 35.2 Å². The predicted octanol–water partition coefficient (Wildman–Crippen LogP) is 4.99. The summed E-state index contributed by atoms with van der Waals surface area (Å²) in [4.78, 5) is 12.1. The second-order valence-electron chi connectivity index (χ2n) is 4.96. The molecule has 1 N–H and O–H groups in total. The number of benzene rings is 2. The fourth-order valence-electron chi connectivity index (χ4n) is 2.10. The minimum absolute atomic E-state index is 0.0683. The molecule has 0 spiro atoms. The largest absolute Gasteiger partial charge is 0.434 e. The highest BCUT2D eigenvalue weighted by atomic mass is 35.5. The normalized spacial score (nSPS) is 12.0. The van der Waals surface area contributed by atoms with Gasteiger partial charge in [0.05, 0.1) is 16.1 Å². The monoisotopic (exact) mass is 396 g/mol. The quantitative estimate of drug-likeness (QED) is 0.699. The second-order valence-corrected chi connectivity index (χ2v) is 5.75. The molecule has 0 saturated heterocycles. The van der Waals surface area contributed by atoms with Crippen molar-refractivity contribution < 1.29 is 18.3 Å². The lowest BCUT2D eigenvalue weighted by molar-refractivity contribution is -0.116. The van der Waals surface area contributed by atoms with Crippen LogP contribution in [0.3, 0.4) is 0 Å². The van der Waals surface area contributed by atoms with E-state index >= 15 is 0 Å². The van der Waals surface area contributed by atoms with Gasteiger partial charge in [-0.25, -0.2) is 0 Å². The van der Waals surface area contributed by atoms with Crippen molar-refractivity contribution in [2.24, 2.45) is 0 Å². The number of alkyl halides is 2. The number of ether oxygens (including phenoxy) is 1. The number of amides is 1. The number of para-hydroxylation sites is 1. The van der Waals surface area contributed by atoms with E-state index in [0.717, 1.165) is 6.08 Å². The van der Waals surface area contributed by atoms with Gasteiger partial charge in [-0.3, -0.25) is 4.79 Å². The molecule has 4 nitrogen and oxygen atoms in total. The Morgan fingerprint density at radius 1 is 1.19 bits per heavy atom. The molecule has 0 heterocycles. The zero-order valence-corrected chi connectivity index (χ0v) is 14.6. The Morgan fingerprint density at radius 2 is 1.92 bits per heavy atom. The first-order chi connectivity index (χ1) is 12.4. The molecule has 0 fully saturated rings. The van der Waals surface area contributed by atoms with Crippen molar-refractivity contribution in [2.75, 3.05) is 0 Å². The van der Waals surface area contributed by atoms with Crippen molar-refractivity contribution in [3.63, 3.8) is 0 Å². The predicted molar refractivity (Wildman–Crippen MR) is 95.1 cm³/mol. The molecule has 0 radical (unpaired) electrons. The lowest BCUT2D eigenvalue weighted by Crippen LogP contribution is -2.26. The van der Waals surface area contributed by atoms with Gasteiger partial charge < -0.3 is 10.1 Å². The van der Waals surface area contributed by atoms with Gasteiger partial charge in [-0.2, -0.15) is 14.0 Å². The summed E-state index contributed by atoms with van der Waals surface area (Å²) in [5.41, 5.74) is 0.641. The van der Waals surface area contributed by atoms with E-state index in [1.807, 2.05) is 6.07 Å². The van der Waals surface area contributed by atoms with Gasteiger partial charge in [-0.05, 0) is 18.2 Å². The van der Waals surface area contributed by atoms with Gasteiger partial charge in [0.25, 0.3) is 0 Å². The molecule has 0 aliphatic rings. The van der Waals surface area contributed by atoms with Crippen LogP contribution >= 0.6 is 23.2 Å². The van der Waals surface area contributed by atoms with E-state index in [2.05, 4.69) is 10.1 Å². The van der Waals surface area contributed by atoms with Gasteiger partial charge in [0.1, 0.15) is 11.8 Å². The van der Waals surface area contributed by atoms with Crippen LogP contribution in [0.15, 0.2) is 48.5 Å². The van der Waals surface area contributed by atoms with Crippen LogP contribution < -0.4 is 10.1 Å². The van der Waals surface area contributed by atoms with Crippen molar-refractivity contribution in [1.29, 1.82) is 5.26 Å². The minimum Gasteiger partial charge on any atom is -0.434 e. The van der Waals surface area contributed by atoms with E-state index in [1.54, 1.807) is 24.3 Å². The van der Waals surface area contributed by atoms with Gasteiger partial charge in [-0.1, -0.05) is 53.5 Å². The third-order valence-electron chi connectivity index (χ3n) is 3.26. The molecule has 8 heteroatoms. The fraction of sp³-hybridized carbons (Fsp3) is 0.111. The Bertz CT molecular complexity index is 867. The molecule has 0 aliphatic carbocycles. The van der Waals surface area contributed by atoms with Crippen LogP contribution in [0, 0.1) is 11.3 Å². The first-order valence-electron chi connectivity index (χ1n) is 7.28. The van der Waals surface area contributed by atoms with Gasteiger partial charge in [0.15, 0.2) is 0 Å². The molecule has 0 saturated carbocycles. The lowest BCUT2D eigenvalue weighted by atomic mass is 10.1. The van der Waals surface area contributed by atoms with E-state index in [9.17, 15) is 18.8 Å². The van der Waals surface area contributed by atoms with Crippen LogP contribution in [0.25, 0.3) is 6.08 Å². The summed E-state index contributed by atoms with van der Waals surface area (Å²) in [7, 11) is 0. The first kappa shape index (κ1) is 19.7. The van der Waals surface area contributed by atoms with E-state index in [4.69, 9.17) is 23.2 Å². The molecule has 0 aliphatic heterocycles. The number of rotatable bonds is 6. The third-order valence-corrected chi connectivity index (χ3v) is 4.09. The van der Waals surface area contributed by atoms with Gasteiger partial charge >= 0.3 is 6.61 Å². The van der Waals surface area contributed by atoms with Crippen LogP contribution in [0.4, 0.5) is 8.78 Å². The molecule has 2 aromatic rings. The number of halogens is 4. The van der Waals surface area contributed by atoms with Crippen molar-refractivity contribution in [1.82, 2.24) is 5.32 Å². The molecule has 26 heavy (non-hydrogen) atoms. The van der Waals surface area contributed by atoms with Crippen LogP contribution in [0.1, 0.15) is 17.2 Å². The maximum absolute atomic E-state index is 12.4. The molecule has 2 aromatic carbocycles. The maximum Gasteiger partial charge on any atom is 0.387 e. The minimum atomic E-state index is -2.98. The molecule has 1 atom stereocenters. The molecule has 0 aromatic heterocycles. The average Bonchev–Trinajstić information content (AvgIpc) is 2.61. The summed E-state index contributed by atoms with van der Waals surface area (Å²) in [5.74, 6) is -0.680. The molecule has 134 valence electrons. The number of hydrogen-bond donors (Lipinski definition) is 1. The Hall–Kier alpha value is -2.62. The molecule has 2 rings (SSSR count). The van der Waals surface area contributed by atoms with Gasteiger partial charge in [0.2, 0.25) is 5.91 Å². The molecule has 1 amide bonds. The zero-order chi connectivity index (χ0) is 19.1. The fourth-order valence-corrected chi connectivity index (χ4v) is 2.52. The van der Waals surface area contributed by atoms with Crippen LogP contribution in [-0.4, -0.2) is 12.5 Å². The van der Waals surface area contributed by atoms with E-state index in [-0.39, 0.29) is 21.4 Å². The number of nitrogens with one attached hydrogen (secondary N) is 1. The number of carbonyl (C=O) groups excluding carboxylic acids is 1. The summed E-state index contributed by atoms with van der Waals surface area (Å²) in [6.45, 7) is -2.98. The lowest BCUT2D eigenvalue weighted by Gasteiger charge is -2.13. The summed E-state index contributed by atoms with van der Waals surface area (Å²) in [6, 6.07) is 11.6. The van der Waals surface area contributed by atoms with Crippen LogP contribution in [0.2, 0.25) is 10.0 Å². The number of carbonyl (C=O) groups is 1. The number of nitrogens with zero attached hydrogens (tertiary/aromatic N) is 1. The topological polar surface area (TPSA) is 62.1 Å². The summed E-state index contributed by atoms with van der Waals surface area (Å²) in [5, 5.41) is 12.2. The SMILES string of the molecule is N#CC(NC(=O)C=Cc1ccccc1OC(F)F)c1cccc(Cl)c1Cl. The Morgan fingerprint density at radius 3 is 2.62 bits per heavy atom. The zero-order valence-electron chi connectivity index (χ0n) is 13.1. The highest BCUT2D eigenvalue weighted by Crippen LogP contribution is 2.29. The van der Waals surface area contributed by atoms with E-state index in [1.165, 1.54) is 24.3 Å². The van der Waals surface area contributed by atoms with E-state index < -0.39 is 18.6 Å². The highest BCUT2D eigenvalue weighted by molar-refractivity contribution is 6.42. The summed E-state index contributed by atoms with van der Waals surface area (Å²) in [6.07, 6.45) is 2.41. The smallest absolute Gasteiger partial charge is 0.387 e. The van der Waals surface area contributed by atoms with Gasteiger partial charge in [0, 0.05) is 17.2 Å². The summed E-state index contributed by atoms with van der Waals surface area (Å²) < 4.78 is 29.2. The Balaban J connectivity index is 2.14. The second kappa shape index (κ2) is 9.18. The Labute approximate surface area is 158 Å². The van der Waals surface area contributed by atoms with Crippen molar-refractivity contribution in [3.05, 3.63) is 69.7 Å². The molecule has 0 bridgehead atoms. The summed E-state index contributed by atoms with van der Waals surface area (Å²) >= 11 is 12.0. The van der Waals surface area contributed by atoms with Crippen molar-refractivity contribution in [2.45, 2.75) is 12.7 Å².